The molecular weight excluding hydrogens is 482 g/mol. The SMILES string of the molecule is COc1ccc(C)cc1/C(O)=C1\C(=O)C(=O)N(c2nc3c(F)cc(F)cc3s2)C1c1cccs1. The van der Waals surface area contributed by atoms with Crippen molar-refractivity contribution in [2.24, 2.45) is 0 Å². The summed E-state index contributed by atoms with van der Waals surface area (Å²) in [6, 6.07) is 9.41. The summed E-state index contributed by atoms with van der Waals surface area (Å²) >= 11 is 2.17. The van der Waals surface area contributed by atoms with E-state index in [1.54, 1.807) is 35.7 Å². The van der Waals surface area contributed by atoms with E-state index < -0.39 is 35.1 Å². The summed E-state index contributed by atoms with van der Waals surface area (Å²) in [7, 11) is 1.44. The predicted molar refractivity (Wildman–Crippen MR) is 126 cm³/mol. The van der Waals surface area contributed by atoms with Gasteiger partial charge in [-0.2, -0.15) is 0 Å². The number of benzene rings is 2. The molecule has 1 fully saturated rings. The normalized spacial score (nSPS) is 17.6. The van der Waals surface area contributed by atoms with Crippen LogP contribution in [0.3, 0.4) is 0 Å². The molecule has 0 radical (unpaired) electrons. The monoisotopic (exact) mass is 498 g/mol. The number of amides is 1. The second kappa shape index (κ2) is 8.30. The van der Waals surface area contributed by atoms with E-state index in [1.165, 1.54) is 18.4 Å². The van der Waals surface area contributed by atoms with Crippen LogP contribution in [0.25, 0.3) is 16.0 Å². The molecular formula is C24H16F2N2O4S2. The van der Waals surface area contributed by atoms with Crippen LogP contribution in [0.1, 0.15) is 22.0 Å². The molecule has 1 amide bonds. The molecule has 0 aliphatic carbocycles. The van der Waals surface area contributed by atoms with E-state index in [9.17, 15) is 23.5 Å². The molecule has 1 aliphatic heterocycles. The summed E-state index contributed by atoms with van der Waals surface area (Å²) in [6.45, 7) is 1.82. The number of thiophene rings is 1. The van der Waals surface area contributed by atoms with Gasteiger partial charge < -0.3 is 9.84 Å². The minimum absolute atomic E-state index is 0.0234. The van der Waals surface area contributed by atoms with Crippen LogP contribution in [-0.2, 0) is 9.59 Å². The first-order chi connectivity index (χ1) is 16.3. The molecule has 0 saturated carbocycles. The Hall–Kier alpha value is -3.63. The molecule has 1 unspecified atom stereocenters. The average molecular weight is 499 g/mol. The number of ether oxygens (including phenoxy) is 1. The minimum atomic E-state index is -1.00. The summed E-state index contributed by atoms with van der Waals surface area (Å²) in [5.74, 6) is -3.54. The number of nitrogens with zero attached hydrogens (tertiary/aromatic N) is 2. The van der Waals surface area contributed by atoms with Crippen molar-refractivity contribution in [3.8, 4) is 5.75 Å². The number of methoxy groups -OCH3 is 1. The molecule has 3 heterocycles. The van der Waals surface area contributed by atoms with E-state index in [0.29, 0.717) is 16.7 Å². The molecule has 0 spiro atoms. The number of ketones is 1. The summed E-state index contributed by atoms with van der Waals surface area (Å²) in [6.07, 6.45) is 0. The van der Waals surface area contributed by atoms with Gasteiger partial charge in [-0.15, -0.1) is 11.3 Å². The van der Waals surface area contributed by atoms with Crippen LogP contribution in [0, 0.1) is 18.6 Å². The fraction of sp³-hybridized carbons (Fsp3) is 0.125. The number of anilines is 1. The minimum Gasteiger partial charge on any atom is -0.507 e. The van der Waals surface area contributed by atoms with Gasteiger partial charge in [-0.1, -0.05) is 29.0 Å². The quantitative estimate of drug-likeness (QED) is 0.226. The van der Waals surface area contributed by atoms with Gasteiger partial charge in [-0.3, -0.25) is 14.5 Å². The maximum atomic E-state index is 14.3. The number of aliphatic hydroxyl groups is 1. The fourth-order valence-electron chi connectivity index (χ4n) is 3.95. The largest absolute Gasteiger partial charge is 0.507 e. The molecule has 172 valence electrons. The number of aromatic nitrogens is 1. The van der Waals surface area contributed by atoms with Crippen LogP contribution in [0.2, 0.25) is 0 Å². The van der Waals surface area contributed by atoms with E-state index in [0.717, 1.165) is 27.9 Å². The molecule has 10 heteroatoms. The first-order valence-electron chi connectivity index (χ1n) is 10.0. The number of fused-ring (bicyclic) bond motifs is 1. The van der Waals surface area contributed by atoms with Gasteiger partial charge in [0, 0.05) is 10.9 Å². The third-order valence-electron chi connectivity index (χ3n) is 5.48. The first kappa shape index (κ1) is 22.2. The van der Waals surface area contributed by atoms with Crippen molar-refractivity contribution < 1.29 is 28.2 Å². The lowest BCUT2D eigenvalue weighted by Gasteiger charge is -2.21. The van der Waals surface area contributed by atoms with Gasteiger partial charge in [0.15, 0.2) is 10.9 Å². The molecule has 1 saturated heterocycles. The highest BCUT2D eigenvalue weighted by atomic mass is 32.1. The zero-order chi connectivity index (χ0) is 24.1. The van der Waals surface area contributed by atoms with E-state index in [4.69, 9.17) is 4.74 Å². The number of carbonyl (C=O) groups is 2. The number of rotatable bonds is 4. The summed E-state index contributed by atoms with van der Waals surface area (Å²) in [5.41, 5.74) is 0.836. The molecule has 2 aromatic heterocycles. The number of aryl methyl sites for hydroxylation is 1. The summed E-state index contributed by atoms with van der Waals surface area (Å²) in [5, 5.41) is 13.1. The lowest BCUT2D eigenvalue weighted by molar-refractivity contribution is -0.132. The van der Waals surface area contributed by atoms with E-state index >= 15 is 0 Å². The summed E-state index contributed by atoms with van der Waals surface area (Å²) < 4.78 is 33.6. The third-order valence-corrected chi connectivity index (χ3v) is 7.40. The van der Waals surface area contributed by atoms with E-state index in [2.05, 4.69) is 4.98 Å². The Balaban J connectivity index is 1.75. The van der Waals surface area contributed by atoms with Crippen molar-refractivity contribution in [3.05, 3.63) is 81.1 Å². The maximum Gasteiger partial charge on any atom is 0.301 e. The molecule has 1 N–H and O–H groups in total. The zero-order valence-electron chi connectivity index (χ0n) is 17.8. The van der Waals surface area contributed by atoms with Gasteiger partial charge in [0.05, 0.1) is 22.9 Å². The second-order valence-corrected chi connectivity index (χ2v) is 9.61. The van der Waals surface area contributed by atoms with E-state index in [-0.39, 0.29) is 26.5 Å². The second-order valence-electron chi connectivity index (χ2n) is 7.62. The first-order valence-corrected chi connectivity index (χ1v) is 11.7. The Morgan fingerprint density at radius 1 is 1.18 bits per heavy atom. The highest BCUT2D eigenvalue weighted by Crippen LogP contribution is 2.46. The molecule has 6 nitrogen and oxygen atoms in total. The highest BCUT2D eigenvalue weighted by molar-refractivity contribution is 7.22. The van der Waals surface area contributed by atoms with Crippen LogP contribution >= 0.6 is 22.7 Å². The van der Waals surface area contributed by atoms with Gasteiger partial charge >= 0.3 is 5.91 Å². The average Bonchev–Trinajstić information content (AvgIpc) is 3.52. The van der Waals surface area contributed by atoms with Crippen LogP contribution in [0.15, 0.2) is 53.4 Å². The molecule has 2 aromatic carbocycles. The molecule has 34 heavy (non-hydrogen) atoms. The Morgan fingerprint density at radius 2 is 1.97 bits per heavy atom. The predicted octanol–water partition coefficient (Wildman–Crippen LogP) is 5.58. The number of carbonyl (C=O) groups excluding carboxylic acids is 2. The van der Waals surface area contributed by atoms with Gasteiger partial charge in [-0.25, -0.2) is 13.8 Å². The Kier molecular flexibility index (Phi) is 5.41. The van der Waals surface area contributed by atoms with Crippen molar-refractivity contribution in [2.45, 2.75) is 13.0 Å². The lowest BCUT2D eigenvalue weighted by atomic mass is 9.98. The van der Waals surface area contributed by atoms with Crippen molar-refractivity contribution in [1.82, 2.24) is 4.98 Å². The van der Waals surface area contributed by atoms with Crippen molar-refractivity contribution in [2.75, 3.05) is 12.0 Å². The molecule has 0 bridgehead atoms. The molecule has 1 atom stereocenters. The highest BCUT2D eigenvalue weighted by Gasteiger charge is 2.49. The van der Waals surface area contributed by atoms with Crippen LogP contribution in [0.4, 0.5) is 13.9 Å². The standard InChI is InChI=1S/C24H16F2N2O4S2/c1-11-5-6-15(32-2)13(8-11)21(29)18-20(16-4-3-7-33-16)28(23(31)22(18)30)24-27-19-14(26)9-12(25)10-17(19)34-24/h3-10,20,29H,1-2H3/b21-18+. The molecule has 1 aliphatic rings. The number of Topliss-reactive ketones (excluding diaryl/α,β-unsaturated/α-hetero) is 1. The lowest BCUT2D eigenvalue weighted by Crippen LogP contribution is -2.28. The van der Waals surface area contributed by atoms with E-state index in [1.807, 2.05) is 6.92 Å². The maximum absolute atomic E-state index is 14.3. The van der Waals surface area contributed by atoms with Crippen LogP contribution < -0.4 is 9.64 Å². The number of thiazole rings is 1. The Bertz CT molecular complexity index is 1490. The van der Waals surface area contributed by atoms with Gasteiger partial charge in [-0.05, 0) is 36.6 Å². The topological polar surface area (TPSA) is 79.7 Å². The van der Waals surface area contributed by atoms with Crippen LogP contribution in [0.5, 0.6) is 5.75 Å². The van der Waals surface area contributed by atoms with Gasteiger partial charge in [0.2, 0.25) is 0 Å². The summed E-state index contributed by atoms with van der Waals surface area (Å²) in [4.78, 5) is 32.4. The Morgan fingerprint density at radius 3 is 2.68 bits per heavy atom. The van der Waals surface area contributed by atoms with Crippen molar-refractivity contribution in [3.63, 3.8) is 0 Å². The number of hydrogen-bond donors (Lipinski definition) is 1. The zero-order valence-corrected chi connectivity index (χ0v) is 19.5. The number of aliphatic hydroxyl groups excluding tert-OH is 1. The molecule has 5 rings (SSSR count). The number of hydrogen-bond acceptors (Lipinski definition) is 7. The van der Waals surface area contributed by atoms with Gasteiger partial charge in [0.25, 0.3) is 5.78 Å². The third kappa shape index (κ3) is 3.46. The molecule has 4 aromatic rings. The number of halogens is 2. The van der Waals surface area contributed by atoms with Gasteiger partial charge in [0.1, 0.15) is 28.9 Å². The van der Waals surface area contributed by atoms with Crippen LogP contribution in [-0.4, -0.2) is 28.9 Å². The smallest absolute Gasteiger partial charge is 0.301 e. The Labute approximate surface area is 200 Å². The van der Waals surface area contributed by atoms with Crippen molar-refractivity contribution in [1.29, 1.82) is 0 Å². The van der Waals surface area contributed by atoms with Crippen molar-refractivity contribution >= 4 is 55.5 Å². The fourth-order valence-corrected chi connectivity index (χ4v) is 5.80.